The number of thiophene rings is 1. The molecular formula is C17H27ClN4OS. The van der Waals surface area contributed by atoms with E-state index >= 15 is 0 Å². The first-order valence-corrected chi connectivity index (χ1v) is 10.00. The van der Waals surface area contributed by atoms with E-state index in [1.165, 1.54) is 24.2 Å². The fraction of sp³-hybridized carbons (Fsp3) is 0.706. The molecular weight excluding hydrogens is 344 g/mol. The van der Waals surface area contributed by atoms with Crippen LogP contribution in [0.2, 0.25) is 4.34 Å². The van der Waals surface area contributed by atoms with Crippen LogP contribution in [0.15, 0.2) is 17.1 Å². The number of nitrogens with zero attached hydrogens (tertiary/aromatic N) is 2. The molecule has 1 saturated heterocycles. The summed E-state index contributed by atoms with van der Waals surface area (Å²) in [6.45, 7) is 6.59. The Morgan fingerprint density at radius 1 is 1.50 bits per heavy atom. The van der Waals surface area contributed by atoms with E-state index in [4.69, 9.17) is 11.6 Å². The second kappa shape index (κ2) is 8.04. The monoisotopic (exact) mass is 370 g/mol. The van der Waals surface area contributed by atoms with Crippen LogP contribution in [0.25, 0.3) is 0 Å². The van der Waals surface area contributed by atoms with Crippen LogP contribution in [0.5, 0.6) is 0 Å². The van der Waals surface area contributed by atoms with Gasteiger partial charge in [-0.15, -0.1) is 11.3 Å². The molecule has 1 aliphatic heterocycles. The standard InChI is InChI=1S/C17H27ClN4OS/c1-3-19-17(20-9-14(23)15-6-7-16(18)24-15)21-12-8-11(2)22(10-12)13-4-5-13/h6-7,11-14,23H,3-5,8-10H2,1-2H3,(H2,19,20,21). The molecule has 3 unspecified atom stereocenters. The normalized spacial score (nSPS) is 26.6. The summed E-state index contributed by atoms with van der Waals surface area (Å²) in [5.41, 5.74) is 0. The van der Waals surface area contributed by atoms with Crippen molar-refractivity contribution in [2.75, 3.05) is 19.6 Å². The molecule has 0 spiro atoms. The number of hydrogen-bond acceptors (Lipinski definition) is 4. The number of guanidine groups is 1. The Morgan fingerprint density at radius 3 is 2.92 bits per heavy atom. The lowest BCUT2D eigenvalue weighted by atomic mass is 10.2. The minimum Gasteiger partial charge on any atom is -0.386 e. The van der Waals surface area contributed by atoms with E-state index in [0.29, 0.717) is 23.0 Å². The SMILES string of the molecule is CCNC(=NCC(O)c1ccc(Cl)s1)NC1CC(C)N(C2CC2)C1. The topological polar surface area (TPSA) is 59.9 Å². The predicted molar refractivity (Wildman–Crippen MR) is 101 cm³/mol. The van der Waals surface area contributed by atoms with Crippen LogP contribution in [0.4, 0.5) is 0 Å². The van der Waals surface area contributed by atoms with Gasteiger partial charge in [-0.2, -0.15) is 0 Å². The summed E-state index contributed by atoms with van der Waals surface area (Å²) < 4.78 is 0.693. The highest BCUT2D eigenvalue weighted by molar-refractivity contribution is 7.16. The molecule has 134 valence electrons. The molecule has 2 fully saturated rings. The molecule has 0 bridgehead atoms. The number of aliphatic hydroxyl groups is 1. The predicted octanol–water partition coefficient (Wildman–Crippen LogP) is 2.62. The van der Waals surface area contributed by atoms with Crippen LogP contribution in [0, 0.1) is 0 Å². The molecule has 3 rings (SSSR count). The second-order valence-electron chi connectivity index (χ2n) is 6.73. The van der Waals surface area contributed by atoms with Crippen LogP contribution < -0.4 is 10.6 Å². The van der Waals surface area contributed by atoms with Crippen LogP contribution in [0.3, 0.4) is 0 Å². The van der Waals surface area contributed by atoms with Crippen LogP contribution in [-0.2, 0) is 0 Å². The third kappa shape index (κ3) is 4.63. The Labute approximate surface area is 153 Å². The molecule has 0 aromatic carbocycles. The summed E-state index contributed by atoms with van der Waals surface area (Å²) in [6.07, 6.45) is 3.23. The van der Waals surface area contributed by atoms with Crippen molar-refractivity contribution in [1.29, 1.82) is 0 Å². The molecule has 0 radical (unpaired) electrons. The molecule has 1 saturated carbocycles. The van der Waals surface area contributed by atoms with Crippen molar-refractivity contribution in [3.8, 4) is 0 Å². The first-order chi connectivity index (χ1) is 11.6. The summed E-state index contributed by atoms with van der Waals surface area (Å²) in [5.74, 6) is 0.786. The Hall–Kier alpha value is -0.820. The molecule has 5 nitrogen and oxygen atoms in total. The van der Waals surface area contributed by atoms with Crippen molar-refractivity contribution in [2.24, 2.45) is 4.99 Å². The fourth-order valence-corrected chi connectivity index (χ4v) is 4.40. The Morgan fingerprint density at radius 2 is 2.29 bits per heavy atom. The third-order valence-electron chi connectivity index (χ3n) is 4.67. The maximum atomic E-state index is 10.3. The lowest BCUT2D eigenvalue weighted by molar-refractivity contribution is 0.191. The summed E-state index contributed by atoms with van der Waals surface area (Å²) in [6, 6.07) is 5.53. The molecule has 7 heteroatoms. The van der Waals surface area contributed by atoms with Crippen molar-refractivity contribution < 1.29 is 5.11 Å². The van der Waals surface area contributed by atoms with Crippen LogP contribution in [0.1, 0.15) is 44.1 Å². The maximum Gasteiger partial charge on any atom is 0.191 e. The lowest BCUT2D eigenvalue weighted by Crippen LogP contribution is -2.45. The summed E-state index contributed by atoms with van der Waals surface area (Å²) in [7, 11) is 0. The summed E-state index contributed by atoms with van der Waals surface area (Å²) in [5, 5.41) is 17.1. The van der Waals surface area contributed by atoms with Crippen molar-refractivity contribution >= 4 is 28.9 Å². The highest BCUT2D eigenvalue weighted by Crippen LogP contribution is 2.33. The number of aliphatic imine (C=N–C) groups is 1. The minimum absolute atomic E-state index is 0.334. The Bertz CT molecular complexity index is 575. The lowest BCUT2D eigenvalue weighted by Gasteiger charge is -2.20. The van der Waals surface area contributed by atoms with E-state index in [2.05, 4.69) is 34.4 Å². The second-order valence-corrected chi connectivity index (χ2v) is 8.48. The smallest absolute Gasteiger partial charge is 0.191 e. The molecule has 1 aromatic rings. The summed E-state index contributed by atoms with van der Waals surface area (Å²) in [4.78, 5) is 8.03. The largest absolute Gasteiger partial charge is 0.386 e. The average Bonchev–Trinajstić information content (AvgIpc) is 3.20. The van der Waals surface area contributed by atoms with Gasteiger partial charge in [-0.05, 0) is 45.2 Å². The zero-order valence-corrected chi connectivity index (χ0v) is 15.9. The van der Waals surface area contributed by atoms with Gasteiger partial charge >= 0.3 is 0 Å². The van der Waals surface area contributed by atoms with Crippen LogP contribution in [-0.4, -0.2) is 53.7 Å². The van der Waals surface area contributed by atoms with Gasteiger partial charge < -0.3 is 15.7 Å². The van der Waals surface area contributed by atoms with Gasteiger partial charge in [0.1, 0.15) is 6.10 Å². The molecule has 1 aliphatic carbocycles. The van der Waals surface area contributed by atoms with Gasteiger partial charge in [-0.1, -0.05) is 11.6 Å². The highest BCUT2D eigenvalue weighted by Gasteiger charge is 2.38. The van der Waals surface area contributed by atoms with Gasteiger partial charge in [0.15, 0.2) is 5.96 Å². The van der Waals surface area contributed by atoms with E-state index in [1.54, 1.807) is 0 Å². The molecule has 0 amide bonds. The van der Waals surface area contributed by atoms with E-state index in [-0.39, 0.29) is 0 Å². The number of halogens is 1. The average molecular weight is 371 g/mol. The van der Waals surface area contributed by atoms with E-state index < -0.39 is 6.10 Å². The zero-order valence-electron chi connectivity index (χ0n) is 14.3. The quantitative estimate of drug-likeness (QED) is 0.532. The van der Waals surface area contributed by atoms with Crippen molar-refractivity contribution in [3.05, 3.63) is 21.3 Å². The van der Waals surface area contributed by atoms with Crippen molar-refractivity contribution in [3.63, 3.8) is 0 Å². The van der Waals surface area contributed by atoms with E-state index in [9.17, 15) is 5.11 Å². The number of rotatable bonds is 6. The van der Waals surface area contributed by atoms with Gasteiger partial charge in [0, 0.05) is 36.1 Å². The molecule has 2 aliphatic rings. The van der Waals surface area contributed by atoms with Gasteiger partial charge in [0.05, 0.1) is 10.9 Å². The van der Waals surface area contributed by atoms with Crippen LogP contribution >= 0.6 is 22.9 Å². The molecule has 2 heterocycles. The highest BCUT2D eigenvalue weighted by atomic mass is 35.5. The molecule has 3 atom stereocenters. The number of likely N-dealkylation sites (tertiary alicyclic amines) is 1. The Balaban J connectivity index is 1.55. The molecule has 24 heavy (non-hydrogen) atoms. The molecule has 3 N–H and O–H groups in total. The van der Waals surface area contributed by atoms with Gasteiger partial charge in [-0.25, -0.2) is 0 Å². The van der Waals surface area contributed by atoms with Gasteiger partial charge in [0.2, 0.25) is 0 Å². The minimum atomic E-state index is -0.608. The number of nitrogens with one attached hydrogen (secondary N) is 2. The third-order valence-corrected chi connectivity index (χ3v) is 6.00. The molecule has 1 aromatic heterocycles. The van der Waals surface area contributed by atoms with Gasteiger partial charge in [0.25, 0.3) is 0 Å². The number of hydrogen-bond donors (Lipinski definition) is 3. The first-order valence-electron chi connectivity index (χ1n) is 8.80. The van der Waals surface area contributed by atoms with E-state index in [0.717, 1.165) is 36.4 Å². The zero-order chi connectivity index (χ0) is 17.1. The van der Waals surface area contributed by atoms with Gasteiger partial charge in [-0.3, -0.25) is 9.89 Å². The number of aliphatic hydroxyl groups excluding tert-OH is 1. The summed E-state index contributed by atoms with van der Waals surface area (Å²) >= 11 is 7.33. The van der Waals surface area contributed by atoms with E-state index in [1.807, 2.05) is 12.1 Å². The fourth-order valence-electron chi connectivity index (χ4n) is 3.36. The van der Waals surface area contributed by atoms with Crippen molar-refractivity contribution in [1.82, 2.24) is 15.5 Å². The first kappa shape index (κ1) is 18.0. The maximum absolute atomic E-state index is 10.3. The van der Waals surface area contributed by atoms with Crippen molar-refractivity contribution in [2.45, 2.75) is 57.3 Å². The Kier molecular flexibility index (Phi) is 6.02.